The molecule has 1 aliphatic heterocycles. The Balaban J connectivity index is 1.65. The van der Waals surface area contributed by atoms with E-state index in [2.05, 4.69) is 10.2 Å². The molecule has 1 aliphatic rings. The van der Waals surface area contributed by atoms with Crippen LogP contribution in [0.1, 0.15) is 23.2 Å². The summed E-state index contributed by atoms with van der Waals surface area (Å²) in [5.41, 5.74) is 2.59. The summed E-state index contributed by atoms with van der Waals surface area (Å²) in [7, 11) is 0. The molecule has 110 valence electrons. The molecule has 0 atom stereocenters. The van der Waals surface area contributed by atoms with Gasteiger partial charge >= 0.3 is 0 Å². The van der Waals surface area contributed by atoms with E-state index in [0.717, 1.165) is 37.3 Å². The predicted molar refractivity (Wildman–Crippen MR) is 86.2 cm³/mol. The van der Waals surface area contributed by atoms with E-state index in [9.17, 15) is 9.90 Å². The number of amides is 1. The third kappa shape index (κ3) is 3.43. The summed E-state index contributed by atoms with van der Waals surface area (Å²) in [5, 5.41) is 16.2. The lowest BCUT2D eigenvalue weighted by atomic mass is 10.1. The normalized spacial score (nSPS) is 16.0. The van der Waals surface area contributed by atoms with E-state index in [1.165, 1.54) is 0 Å². The SMILES string of the molecule is O=C(Nc1ccsc1)c1ccc(N2CCC(O)CC2)cc1. The molecule has 4 nitrogen and oxygen atoms in total. The highest BCUT2D eigenvalue weighted by atomic mass is 32.1. The van der Waals surface area contributed by atoms with E-state index in [0.29, 0.717) is 5.56 Å². The van der Waals surface area contributed by atoms with Crippen LogP contribution in [-0.2, 0) is 0 Å². The number of thiophene rings is 1. The molecule has 21 heavy (non-hydrogen) atoms. The topological polar surface area (TPSA) is 52.6 Å². The van der Waals surface area contributed by atoms with Gasteiger partial charge in [-0.15, -0.1) is 0 Å². The highest BCUT2D eigenvalue weighted by Gasteiger charge is 2.17. The maximum atomic E-state index is 12.1. The van der Waals surface area contributed by atoms with Gasteiger partial charge in [0.15, 0.2) is 0 Å². The summed E-state index contributed by atoms with van der Waals surface area (Å²) in [4.78, 5) is 14.3. The lowest BCUT2D eigenvalue weighted by molar-refractivity contribution is 0.102. The summed E-state index contributed by atoms with van der Waals surface area (Å²) in [5.74, 6) is -0.0889. The van der Waals surface area contributed by atoms with Crippen LogP contribution in [0.2, 0.25) is 0 Å². The zero-order chi connectivity index (χ0) is 14.7. The third-order valence-electron chi connectivity index (χ3n) is 3.74. The molecule has 0 radical (unpaired) electrons. The van der Waals surface area contributed by atoms with E-state index in [4.69, 9.17) is 0 Å². The largest absolute Gasteiger partial charge is 0.393 e. The second-order valence-corrected chi connectivity index (χ2v) is 6.01. The van der Waals surface area contributed by atoms with Crippen molar-refractivity contribution < 1.29 is 9.90 Å². The molecule has 0 saturated carbocycles. The van der Waals surface area contributed by atoms with Crippen molar-refractivity contribution >= 4 is 28.6 Å². The standard InChI is InChI=1S/C16H18N2O2S/c19-15-5-8-18(9-6-15)14-3-1-12(2-4-14)16(20)17-13-7-10-21-11-13/h1-4,7,10-11,15,19H,5-6,8-9H2,(H,17,20). The van der Waals surface area contributed by atoms with Gasteiger partial charge in [0.1, 0.15) is 0 Å². The first-order valence-corrected chi connectivity index (χ1v) is 8.03. The Morgan fingerprint density at radius 3 is 2.52 bits per heavy atom. The minimum absolute atomic E-state index is 0.0889. The van der Waals surface area contributed by atoms with Crippen LogP contribution in [0.15, 0.2) is 41.1 Å². The Hall–Kier alpha value is -1.85. The first-order chi connectivity index (χ1) is 10.2. The van der Waals surface area contributed by atoms with Crippen molar-refractivity contribution in [2.24, 2.45) is 0 Å². The molecule has 2 N–H and O–H groups in total. The number of anilines is 2. The number of hydrogen-bond acceptors (Lipinski definition) is 4. The van der Waals surface area contributed by atoms with Crippen LogP contribution in [0.3, 0.4) is 0 Å². The summed E-state index contributed by atoms with van der Waals surface area (Å²) in [6.07, 6.45) is 1.44. The molecule has 1 aromatic heterocycles. The number of carbonyl (C=O) groups excluding carboxylic acids is 1. The molecular formula is C16H18N2O2S. The molecule has 1 saturated heterocycles. The quantitative estimate of drug-likeness (QED) is 0.916. The van der Waals surface area contributed by atoms with Crippen molar-refractivity contribution in [2.75, 3.05) is 23.3 Å². The fraction of sp³-hybridized carbons (Fsp3) is 0.312. The number of rotatable bonds is 3. The average molecular weight is 302 g/mol. The van der Waals surface area contributed by atoms with E-state index in [-0.39, 0.29) is 12.0 Å². The molecular weight excluding hydrogens is 284 g/mol. The monoisotopic (exact) mass is 302 g/mol. The Labute approximate surface area is 128 Å². The van der Waals surface area contributed by atoms with Gasteiger partial charge in [-0.3, -0.25) is 4.79 Å². The number of aliphatic hydroxyl groups is 1. The van der Waals surface area contributed by atoms with Crippen LogP contribution in [-0.4, -0.2) is 30.2 Å². The molecule has 0 aliphatic carbocycles. The maximum Gasteiger partial charge on any atom is 0.255 e. The first kappa shape index (κ1) is 14.1. The van der Waals surface area contributed by atoms with Gasteiger partial charge in [-0.1, -0.05) is 0 Å². The van der Waals surface area contributed by atoms with Crippen LogP contribution >= 0.6 is 11.3 Å². The van der Waals surface area contributed by atoms with Crippen molar-refractivity contribution in [3.8, 4) is 0 Å². The minimum Gasteiger partial charge on any atom is -0.393 e. The molecule has 0 spiro atoms. The Morgan fingerprint density at radius 1 is 1.19 bits per heavy atom. The van der Waals surface area contributed by atoms with Crippen molar-refractivity contribution in [2.45, 2.75) is 18.9 Å². The highest BCUT2D eigenvalue weighted by molar-refractivity contribution is 7.08. The minimum atomic E-state index is -0.170. The summed E-state index contributed by atoms with van der Waals surface area (Å²) >= 11 is 1.56. The van der Waals surface area contributed by atoms with Crippen molar-refractivity contribution in [3.05, 3.63) is 46.7 Å². The number of nitrogens with one attached hydrogen (secondary N) is 1. The molecule has 0 unspecified atom stereocenters. The second kappa shape index (κ2) is 6.28. The smallest absolute Gasteiger partial charge is 0.255 e. The highest BCUT2D eigenvalue weighted by Crippen LogP contribution is 2.21. The number of hydrogen-bond donors (Lipinski definition) is 2. The molecule has 3 rings (SSSR count). The van der Waals surface area contributed by atoms with Gasteiger partial charge in [0.2, 0.25) is 0 Å². The number of benzene rings is 1. The van der Waals surface area contributed by atoms with Crippen molar-refractivity contribution in [1.82, 2.24) is 0 Å². The van der Waals surface area contributed by atoms with Crippen molar-refractivity contribution in [1.29, 1.82) is 0 Å². The molecule has 2 aromatic rings. The predicted octanol–water partition coefficient (Wildman–Crippen LogP) is 2.96. The Bertz CT molecular complexity index is 587. The van der Waals surface area contributed by atoms with E-state index in [1.54, 1.807) is 11.3 Å². The molecule has 1 fully saturated rings. The fourth-order valence-corrected chi connectivity index (χ4v) is 3.07. The van der Waals surface area contributed by atoms with Gasteiger partial charge in [-0.25, -0.2) is 0 Å². The number of nitrogens with zero attached hydrogens (tertiary/aromatic N) is 1. The zero-order valence-electron chi connectivity index (χ0n) is 11.7. The summed E-state index contributed by atoms with van der Waals surface area (Å²) < 4.78 is 0. The second-order valence-electron chi connectivity index (χ2n) is 5.23. The van der Waals surface area contributed by atoms with Crippen LogP contribution < -0.4 is 10.2 Å². The van der Waals surface area contributed by atoms with Gasteiger partial charge in [-0.2, -0.15) is 11.3 Å². The van der Waals surface area contributed by atoms with Gasteiger partial charge in [-0.05, 0) is 48.6 Å². The zero-order valence-corrected chi connectivity index (χ0v) is 12.5. The lowest BCUT2D eigenvalue weighted by Gasteiger charge is -2.31. The molecule has 0 bridgehead atoms. The Morgan fingerprint density at radius 2 is 1.90 bits per heavy atom. The van der Waals surface area contributed by atoms with E-state index in [1.807, 2.05) is 41.1 Å². The first-order valence-electron chi connectivity index (χ1n) is 7.09. The van der Waals surface area contributed by atoms with E-state index >= 15 is 0 Å². The summed E-state index contributed by atoms with van der Waals surface area (Å²) in [6.45, 7) is 1.73. The van der Waals surface area contributed by atoms with Gasteiger partial charge in [0.05, 0.1) is 11.8 Å². The van der Waals surface area contributed by atoms with E-state index < -0.39 is 0 Å². The van der Waals surface area contributed by atoms with Gasteiger partial charge < -0.3 is 15.3 Å². The Kier molecular flexibility index (Phi) is 4.22. The van der Waals surface area contributed by atoms with Crippen LogP contribution in [0.4, 0.5) is 11.4 Å². The number of piperidine rings is 1. The van der Waals surface area contributed by atoms with Crippen LogP contribution in [0.25, 0.3) is 0 Å². The number of aliphatic hydroxyl groups excluding tert-OH is 1. The van der Waals surface area contributed by atoms with Gasteiger partial charge in [0.25, 0.3) is 5.91 Å². The van der Waals surface area contributed by atoms with Gasteiger partial charge in [0, 0.05) is 29.7 Å². The summed E-state index contributed by atoms with van der Waals surface area (Å²) in [6, 6.07) is 9.53. The van der Waals surface area contributed by atoms with Crippen LogP contribution in [0, 0.1) is 0 Å². The molecule has 1 amide bonds. The lowest BCUT2D eigenvalue weighted by Crippen LogP contribution is -2.35. The third-order valence-corrected chi connectivity index (χ3v) is 4.42. The molecule has 5 heteroatoms. The average Bonchev–Trinajstić information content (AvgIpc) is 3.01. The van der Waals surface area contributed by atoms with Crippen LogP contribution in [0.5, 0.6) is 0 Å². The van der Waals surface area contributed by atoms with Crippen molar-refractivity contribution in [3.63, 3.8) is 0 Å². The number of carbonyl (C=O) groups is 1. The molecule has 1 aromatic carbocycles. The maximum absolute atomic E-state index is 12.1. The molecule has 2 heterocycles. The fourth-order valence-electron chi connectivity index (χ4n) is 2.49.